The maximum atomic E-state index is 12.3. The first kappa shape index (κ1) is 13.3. The average Bonchev–Trinajstić information content (AvgIpc) is 3.21. The van der Waals surface area contributed by atoms with Crippen molar-refractivity contribution < 1.29 is 14.7 Å². The van der Waals surface area contributed by atoms with Gasteiger partial charge in [-0.1, -0.05) is 0 Å². The van der Waals surface area contributed by atoms with Gasteiger partial charge >= 0.3 is 12.0 Å². The van der Waals surface area contributed by atoms with E-state index in [1.807, 2.05) is 0 Å². The van der Waals surface area contributed by atoms with Gasteiger partial charge < -0.3 is 10.0 Å². The van der Waals surface area contributed by atoms with E-state index in [1.165, 1.54) is 9.80 Å². The number of rotatable bonds is 5. The summed E-state index contributed by atoms with van der Waals surface area (Å²) in [5.41, 5.74) is 0.652. The molecule has 2 amide bonds. The molecule has 1 N–H and O–H groups in total. The van der Waals surface area contributed by atoms with Crippen LogP contribution in [0.25, 0.3) is 0 Å². The molecule has 6 heteroatoms. The lowest BCUT2D eigenvalue weighted by atomic mass is 10.3. The summed E-state index contributed by atoms with van der Waals surface area (Å²) in [5, 5.41) is 8.89. The topological polar surface area (TPSA) is 73.7 Å². The molecule has 0 aromatic carbocycles. The van der Waals surface area contributed by atoms with Crippen LogP contribution in [0, 0.1) is 5.92 Å². The molecule has 1 saturated carbocycles. The molecule has 19 heavy (non-hydrogen) atoms. The highest BCUT2D eigenvalue weighted by molar-refractivity contribution is 5.93. The van der Waals surface area contributed by atoms with Crippen LogP contribution < -0.4 is 4.90 Å². The van der Waals surface area contributed by atoms with E-state index in [9.17, 15) is 9.59 Å². The van der Waals surface area contributed by atoms with Crippen molar-refractivity contribution in [3.8, 4) is 0 Å². The summed E-state index contributed by atoms with van der Waals surface area (Å²) in [7, 11) is 1.63. The predicted molar refractivity (Wildman–Crippen MR) is 70.0 cm³/mol. The highest BCUT2D eigenvalue weighted by Gasteiger charge is 2.29. The van der Waals surface area contributed by atoms with Crippen molar-refractivity contribution in [1.82, 2.24) is 9.88 Å². The number of carboxylic acids is 1. The summed E-state index contributed by atoms with van der Waals surface area (Å²) in [6, 6.07) is 3.20. The van der Waals surface area contributed by atoms with Gasteiger partial charge in [-0.3, -0.25) is 14.7 Å². The number of aliphatic carboxylic acids is 1. The number of hydrogen-bond acceptors (Lipinski definition) is 3. The van der Waals surface area contributed by atoms with Crippen LogP contribution in [0.3, 0.4) is 0 Å². The second-order valence-electron chi connectivity index (χ2n) is 4.77. The van der Waals surface area contributed by atoms with Crippen molar-refractivity contribution in [1.29, 1.82) is 0 Å². The van der Waals surface area contributed by atoms with Crippen molar-refractivity contribution in [2.24, 2.45) is 5.92 Å². The molecule has 1 aromatic heterocycles. The quantitative estimate of drug-likeness (QED) is 0.872. The number of aromatic nitrogens is 1. The van der Waals surface area contributed by atoms with E-state index >= 15 is 0 Å². The average molecular weight is 263 g/mol. The van der Waals surface area contributed by atoms with E-state index in [4.69, 9.17) is 5.11 Å². The zero-order valence-electron chi connectivity index (χ0n) is 10.8. The van der Waals surface area contributed by atoms with Crippen LogP contribution in [0.15, 0.2) is 24.5 Å². The largest absolute Gasteiger partial charge is 0.480 e. The molecule has 1 heterocycles. The lowest BCUT2D eigenvalue weighted by molar-refractivity contribution is -0.137. The first-order valence-electron chi connectivity index (χ1n) is 6.22. The Hall–Kier alpha value is -2.11. The van der Waals surface area contributed by atoms with E-state index in [2.05, 4.69) is 4.98 Å². The lowest BCUT2D eigenvalue weighted by Crippen LogP contribution is -2.44. The number of carbonyl (C=O) groups is 2. The van der Waals surface area contributed by atoms with Gasteiger partial charge in [-0.05, 0) is 30.9 Å². The predicted octanol–water partition coefficient (Wildman–Crippen LogP) is 1.43. The molecule has 1 aliphatic carbocycles. The van der Waals surface area contributed by atoms with Gasteiger partial charge in [0.1, 0.15) is 6.54 Å². The summed E-state index contributed by atoms with van der Waals surface area (Å²) in [4.78, 5) is 29.9. The van der Waals surface area contributed by atoms with E-state index in [1.54, 1.807) is 31.6 Å². The van der Waals surface area contributed by atoms with Gasteiger partial charge in [0.05, 0.1) is 11.9 Å². The highest BCUT2D eigenvalue weighted by atomic mass is 16.4. The molecule has 1 fully saturated rings. The maximum absolute atomic E-state index is 12.3. The summed E-state index contributed by atoms with van der Waals surface area (Å²) in [5.74, 6) is -0.542. The van der Waals surface area contributed by atoms with Gasteiger partial charge in [0.15, 0.2) is 0 Å². The SMILES string of the molecule is CN(C(=O)N(CC(=O)O)CC1CC1)c1cccnc1. The third kappa shape index (κ3) is 3.67. The van der Waals surface area contributed by atoms with E-state index < -0.39 is 5.97 Å². The highest BCUT2D eigenvalue weighted by Crippen LogP contribution is 2.30. The number of nitrogens with zero attached hydrogens (tertiary/aromatic N) is 3. The molecule has 0 saturated heterocycles. The number of hydrogen-bond donors (Lipinski definition) is 1. The van der Waals surface area contributed by atoms with Crippen LogP contribution in [-0.4, -0.2) is 47.1 Å². The van der Waals surface area contributed by atoms with Gasteiger partial charge in [-0.25, -0.2) is 4.79 Å². The smallest absolute Gasteiger partial charge is 0.324 e. The zero-order valence-corrected chi connectivity index (χ0v) is 10.8. The number of urea groups is 1. The van der Waals surface area contributed by atoms with Crippen LogP contribution in [0.4, 0.5) is 10.5 Å². The van der Waals surface area contributed by atoms with Gasteiger partial charge in [-0.2, -0.15) is 0 Å². The fraction of sp³-hybridized carbons (Fsp3) is 0.462. The first-order chi connectivity index (χ1) is 9.08. The molecule has 0 aliphatic heterocycles. The number of anilines is 1. The Morgan fingerprint density at radius 1 is 1.47 bits per heavy atom. The van der Waals surface area contributed by atoms with Crippen LogP contribution in [0.2, 0.25) is 0 Å². The minimum atomic E-state index is -0.992. The van der Waals surface area contributed by atoms with Crippen molar-refractivity contribution >= 4 is 17.7 Å². The Morgan fingerprint density at radius 3 is 2.74 bits per heavy atom. The molecule has 102 valence electrons. The van der Waals surface area contributed by atoms with Gasteiger partial charge in [0.2, 0.25) is 0 Å². The van der Waals surface area contributed by atoms with Crippen molar-refractivity contribution in [2.75, 3.05) is 25.0 Å². The van der Waals surface area contributed by atoms with Crippen LogP contribution in [0.5, 0.6) is 0 Å². The Labute approximate surface area is 111 Å². The third-order valence-corrected chi connectivity index (χ3v) is 3.09. The Balaban J connectivity index is 2.06. The van der Waals surface area contributed by atoms with Gasteiger partial charge in [0, 0.05) is 19.8 Å². The summed E-state index contributed by atoms with van der Waals surface area (Å²) in [6.07, 6.45) is 5.34. The fourth-order valence-electron chi connectivity index (χ4n) is 1.86. The standard InChI is InChI=1S/C13H17N3O3/c1-15(11-3-2-6-14-7-11)13(19)16(9-12(17)18)8-10-4-5-10/h2-3,6-7,10H,4-5,8-9H2,1H3,(H,17,18). The van der Waals surface area contributed by atoms with Crippen molar-refractivity contribution in [3.05, 3.63) is 24.5 Å². The van der Waals surface area contributed by atoms with Crippen molar-refractivity contribution in [3.63, 3.8) is 0 Å². The monoisotopic (exact) mass is 263 g/mol. The fourth-order valence-corrected chi connectivity index (χ4v) is 1.86. The number of pyridine rings is 1. The Kier molecular flexibility index (Phi) is 3.99. The molecule has 0 bridgehead atoms. The maximum Gasteiger partial charge on any atom is 0.324 e. The molecule has 6 nitrogen and oxygen atoms in total. The van der Waals surface area contributed by atoms with Crippen LogP contribution >= 0.6 is 0 Å². The minimum Gasteiger partial charge on any atom is -0.480 e. The molecular weight excluding hydrogens is 246 g/mol. The molecule has 1 aromatic rings. The summed E-state index contributed by atoms with van der Waals surface area (Å²) >= 11 is 0. The van der Waals surface area contributed by atoms with Crippen LogP contribution in [0.1, 0.15) is 12.8 Å². The number of carbonyl (C=O) groups excluding carboxylic acids is 1. The minimum absolute atomic E-state index is 0.264. The lowest BCUT2D eigenvalue weighted by Gasteiger charge is -2.26. The molecule has 0 atom stereocenters. The normalized spacial score (nSPS) is 13.9. The first-order valence-corrected chi connectivity index (χ1v) is 6.22. The third-order valence-electron chi connectivity index (χ3n) is 3.09. The van der Waals surface area contributed by atoms with E-state index in [-0.39, 0.29) is 12.6 Å². The molecule has 0 radical (unpaired) electrons. The molecule has 2 rings (SSSR count). The van der Waals surface area contributed by atoms with Crippen molar-refractivity contribution in [2.45, 2.75) is 12.8 Å². The second-order valence-corrected chi connectivity index (χ2v) is 4.77. The molecule has 0 spiro atoms. The molecule has 1 aliphatic rings. The molecule has 0 unspecified atom stereocenters. The number of amides is 2. The Bertz CT molecular complexity index is 459. The van der Waals surface area contributed by atoms with Gasteiger partial charge in [-0.15, -0.1) is 0 Å². The summed E-state index contributed by atoms with van der Waals surface area (Å²) < 4.78 is 0. The van der Waals surface area contributed by atoms with E-state index in [0.29, 0.717) is 18.2 Å². The summed E-state index contributed by atoms with van der Waals surface area (Å²) in [6.45, 7) is 0.246. The Morgan fingerprint density at radius 2 is 2.21 bits per heavy atom. The van der Waals surface area contributed by atoms with Crippen LogP contribution in [-0.2, 0) is 4.79 Å². The number of carboxylic acid groups (broad SMARTS) is 1. The molecular formula is C13H17N3O3. The van der Waals surface area contributed by atoms with Gasteiger partial charge in [0.25, 0.3) is 0 Å². The van der Waals surface area contributed by atoms with E-state index in [0.717, 1.165) is 12.8 Å². The zero-order chi connectivity index (χ0) is 13.8. The second kappa shape index (κ2) is 5.69.